The van der Waals surface area contributed by atoms with E-state index in [2.05, 4.69) is 4.98 Å². The van der Waals surface area contributed by atoms with Crippen LogP contribution in [0.1, 0.15) is 17.2 Å². The van der Waals surface area contributed by atoms with Crippen molar-refractivity contribution in [1.82, 2.24) is 4.98 Å². The first-order valence-corrected chi connectivity index (χ1v) is 10.4. The van der Waals surface area contributed by atoms with Gasteiger partial charge in [-0.15, -0.1) is 0 Å². The third kappa shape index (κ3) is 5.55. The Balaban J connectivity index is 1.77. The van der Waals surface area contributed by atoms with Crippen LogP contribution < -0.4 is 4.74 Å². The van der Waals surface area contributed by atoms with E-state index in [0.29, 0.717) is 11.1 Å². The molecule has 1 unspecified atom stereocenters. The summed E-state index contributed by atoms with van der Waals surface area (Å²) in [5.74, 6) is -2.56. The molecule has 1 heterocycles. The predicted octanol–water partition coefficient (Wildman–Crippen LogP) is 5.91. The number of ether oxygens (including phenoxy) is 2. The summed E-state index contributed by atoms with van der Waals surface area (Å²) in [7, 11) is 0. The van der Waals surface area contributed by atoms with Crippen LogP contribution in [-0.2, 0) is 20.5 Å². The number of rotatable bonds is 7. The number of aromatic nitrogens is 1. The van der Waals surface area contributed by atoms with Crippen molar-refractivity contribution in [2.24, 2.45) is 0 Å². The standard InChI is InChI=1S/C24H15ClF3NO6/c25-15-8-9-18(16(11-15)22-29-17-6-1-2-7-19(17)35-22)34-21(23(32)33-12-20(30)31)13-4-3-5-14(10-13)24(26,27)28/h1-11,21H,12H2,(H,30,31). The van der Waals surface area contributed by atoms with E-state index in [9.17, 15) is 22.8 Å². The largest absolute Gasteiger partial charge is 0.479 e. The number of hydrogen-bond acceptors (Lipinski definition) is 6. The van der Waals surface area contributed by atoms with Gasteiger partial charge >= 0.3 is 18.1 Å². The average molecular weight is 506 g/mol. The number of hydrogen-bond donors (Lipinski definition) is 1. The molecule has 1 atom stereocenters. The van der Waals surface area contributed by atoms with Crippen molar-refractivity contribution in [3.8, 4) is 17.2 Å². The van der Waals surface area contributed by atoms with Crippen LogP contribution in [0.3, 0.4) is 0 Å². The Morgan fingerprint density at radius 2 is 1.83 bits per heavy atom. The number of carboxylic acids is 1. The molecule has 4 aromatic rings. The highest BCUT2D eigenvalue weighted by atomic mass is 35.5. The highest BCUT2D eigenvalue weighted by Gasteiger charge is 2.33. The van der Waals surface area contributed by atoms with Crippen molar-refractivity contribution in [3.63, 3.8) is 0 Å². The fourth-order valence-corrected chi connectivity index (χ4v) is 3.40. The molecule has 180 valence electrons. The number of aliphatic carboxylic acids is 1. The zero-order valence-electron chi connectivity index (χ0n) is 17.6. The molecule has 11 heteroatoms. The molecule has 0 spiro atoms. The second kappa shape index (κ2) is 9.67. The van der Waals surface area contributed by atoms with E-state index in [4.69, 9.17) is 30.6 Å². The van der Waals surface area contributed by atoms with Gasteiger partial charge in [-0.25, -0.2) is 14.6 Å². The minimum atomic E-state index is -4.69. The van der Waals surface area contributed by atoms with Crippen molar-refractivity contribution in [1.29, 1.82) is 0 Å². The van der Waals surface area contributed by atoms with Gasteiger partial charge in [0.1, 0.15) is 11.3 Å². The second-order valence-corrected chi connectivity index (χ2v) is 7.69. The first-order chi connectivity index (χ1) is 16.6. The molecule has 0 radical (unpaired) electrons. The van der Waals surface area contributed by atoms with Crippen molar-refractivity contribution < 1.29 is 41.8 Å². The van der Waals surface area contributed by atoms with Crippen LogP contribution in [0.5, 0.6) is 5.75 Å². The maximum absolute atomic E-state index is 13.3. The van der Waals surface area contributed by atoms with Crippen molar-refractivity contribution in [2.75, 3.05) is 6.61 Å². The molecule has 0 bridgehead atoms. The quantitative estimate of drug-likeness (QED) is 0.311. The van der Waals surface area contributed by atoms with E-state index in [1.807, 2.05) is 0 Å². The zero-order valence-corrected chi connectivity index (χ0v) is 18.3. The first-order valence-electron chi connectivity index (χ1n) is 9.99. The molecule has 7 nitrogen and oxygen atoms in total. The fourth-order valence-electron chi connectivity index (χ4n) is 3.23. The summed E-state index contributed by atoms with van der Waals surface area (Å²) in [6.07, 6.45) is -6.42. The number of para-hydroxylation sites is 2. The lowest BCUT2D eigenvalue weighted by Crippen LogP contribution is -2.24. The molecule has 35 heavy (non-hydrogen) atoms. The Bertz CT molecular complexity index is 1370. The van der Waals surface area contributed by atoms with Crippen LogP contribution in [0.4, 0.5) is 13.2 Å². The fraction of sp³-hybridized carbons (Fsp3) is 0.125. The molecule has 1 aromatic heterocycles. The number of halogens is 4. The first kappa shape index (κ1) is 24.1. The average Bonchev–Trinajstić information content (AvgIpc) is 3.25. The van der Waals surface area contributed by atoms with Crippen LogP contribution in [0.25, 0.3) is 22.6 Å². The number of esters is 1. The van der Waals surface area contributed by atoms with Gasteiger partial charge in [0.25, 0.3) is 0 Å². The SMILES string of the molecule is O=C(O)COC(=O)C(Oc1ccc(Cl)cc1-c1nc2ccccc2o1)c1cccc(C(F)(F)F)c1. The van der Waals surface area contributed by atoms with Gasteiger partial charge in [0, 0.05) is 10.6 Å². The number of fused-ring (bicyclic) bond motifs is 1. The monoisotopic (exact) mass is 505 g/mol. The number of alkyl halides is 3. The Morgan fingerprint density at radius 1 is 1.06 bits per heavy atom. The number of carbonyl (C=O) groups excluding carboxylic acids is 1. The Labute approximate surface area is 200 Å². The molecular formula is C24H15ClF3NO6. The molecule has 0 saturated heterocycles. The van der Waals surface area contributed by atoms with E-state index < -0.39 is 36.4 Å². The molecule has 4 rings (SSSR count). The molecule has 0 aliphatic rings. The van der Waals surface area contributed by atoms with E-state index in [-0.39, 0.29) is 27.8 Å². The zero-order chi connectivity index (χ0) is 25.2. The summed E-state index contributed by atoms with van der Waals surface area (Å²) < 4.78 is 56.1. The molecule has 0 aliphatic carbocycles. The van der Waals surface area contributed by atoms with Crippen LogP contribution in [-0.4, -0.2) is 28.6 Å². The summed E-state index contributed by atoms with van der Waals surface area (Å²) in [4.78, 5) is 27.9. The maximum Gasteiger partial charge on any atom is 0.416 e. The summed E-state index contributed by atoms with van der Waals surface area (Å²) in [6.45, 7) is -1.00. The number of oxazole rings is 1. The lowest BCUT2D eigenvalue weighted by Gasteiger charge is -2.20. The summed E-state index contributed by atoms with van der Waals surface area (Å²) in [5.41, 5.74) is -0.0113. The van der Waals surface area contributed by atoms with Crippen molar-refractivity contribution >= 4 is 34.6 Å². The Morgan fingerprint density at radius 3 is 2.54 bits per heavy atom. The predicted molar refractivity (Wildman–Crippen MR) is 118 cm³/mol. The molecule has 0 aliphatic heterocycles. The molecule has 0 fully saturated rings. The van der Waals surface area contributed by atoms with Gasteiger partial charge in [-0.2, -0.15) is 13.2 Å². The third-order valence-corrected chi connectivity index (χ3v) is 5.01. The van der Waals surface area contributed by atoms with Crippen molar-refractivity contribution in [2.45, 2.75) is 12.3 Å². The van der Waals surface area contributed by atoms with Gasteiger partial charge in [-0.05, 0) is 42.5 Å². The summed E-state index contributed by atoms with van der Waals surface area (Å²) in [5, 5.41) is 9.12. The van der Waals surface area contributed by atoms with Gasteiger partial charge in [0.05, 0.1) is 11.1 Å². The smallest absolute Gasteiger partial charge is 0.416 e. The molecule has 1 N–H and O–H groups in total. The van der Waals surface area contributed by atoms with Crippen molar-refractivity contribution in [3.05, 3.63) is 82.9 Å². The van der Waals surface area contributed by atoms with Crippen LogP contribution in [0, 0.1) is 0 Å². The maximum atomic E-state index is 13.3. The van der Waals surface area contributed by atoms with E-state index in [1.54, 1.807) is 24.3 Å². The van der Waals surface area contributed by atoms with Gasteiger partial charge in [-0.1, -0.05) is 35.9 Å². The topological polar surface area (TPSA) is 98.9 Å². The third-order valence-electron chi connectivity index (χ3n) is 4.78. The van der Waals surface area contributed by atoms with E-state index >= 15 is 0 Å². The molecule has 0 saturated carbocycles. The lowest BCUT2D eigenvalue weighted by atomic mass is 10.1. The highest BCUT2D eigenvalue weighted by molar-refractivity contribution is 6.30. The molecule has 0 amide bonds. The van der Waals surface area contributed by atoms with Crippen LogP contribution in [0.15, 0.2) is 71.1 Å². The minimum absolute atomic E-state index is 0.00403. The molecule has 3 aromatic carbocycles. The Kier molecular flexibility index (Phi) is 6.65. The lowest BCUT2D eigenvalue weighted by molar-refractivity contribution is -0.160. The number of nitrogens with zero attached hydrogens (tertiary/aromatic N) is 1. The number of benzene rings is 3. The molecular weight excluding hydrogens is 491 g/mol. The van der Waals surface area contributed by atoms with E-state index in [1.165, 1.54) is 24.3 Å². The number of carboxylic acid groups (broad SMARTS) is 1. The summed E-state index contributed by atoms with van der Waals surface area (Å²) >= 11 is 6.13. The van der Waals surface area contributed by atoms with Gasteiger partial charge < -0.3 is 19.0 Å². The second-order valence-electron chi connectivity index (χ2n) is 7.25. The number of carbonyl (C=O) groups is 2. The van der Waals surface area contributed by atoms with Gasteiger partial charge in [0.15, 0.2) is 12.2 Å². The highest BCUT2D eigenvalue weighted by Crippen LogP contribution is 2.38. The minimum Gasteiger partial charge on any atom is -0.479 e. The van der Waals surface area contributed by atoms with Gasteiger partial charge in [-0.3, -0.25) is 0 Å². The van der Waals surface area contributed by atoms with E-state index in [0.717, 1.165) is 18.2 Å². The Hall–Kier alpha value is -4.05. The van der Waals surface area contributed by atoms with Crippen LogP contribution in [0.2, 0.25) is 5.02 Å². The summed E-state index contributed by atoms with van der Waals surface area (Å²) in [6, 6.07) is 15.1. The van der Waals surface area contributed by atoms with Gasteiger partial charge in [0.2, 0.25) is 12.0 Å². The van der Waals surface area contributed by atoms with Crippen LogP contribution >= 0.6 is 11.6 Å². The normalized spacial score (nSPS) is 12.3.